The van der Waals surface area contributed by atoms with Crippen LogP contribution in [-0.2, 0) is 4.79 Å². The maximum atomic E-state index is 10.6. The number of amides is 1. The Morgan fingerprint density at radius 1 is 1.43 bits per heavy atom. The molecule has 0 spiro atoms. The Bertz CT molecular complexity index is 214. The largest absolute Gasteiger partial charge is 0.370 e. The second-order valence-corrected chi connectivity index (χ2v) is 3.44. The molecular weight excluding hydrogens is 182 g/mol. The van der Waals surface area contributed by atoms with E-state index in [1.165, 1.54) is 0 Å². The summed E-state index contributed by atoms with van der Waals surface area (Å²) in [7, 11) is 0. The van der Waals surface area contributed by atoms with E-state index in [1.807, 2.05) is 13.8 Å². The molecule has 0 saturated heterocycles. The van der Waals surface area contributed by atoms with Gasteiger partial charge in [0.2, 0.25) is 11.9 Å². The van der Waals surface area contributed by atoms with Crippen molar-refractivity contribution in [3.05, 3.63) is 0 Å². The molecule has 0 radical (unpaired) electrons. The molecule has 0 aliphatic carbocycles. The van der Waals surface area contributed by atoms with E-state index in [0.29, 0.717) is 5.96 Å². The highest BCUT2D eigenvalue weighted by Gasteiger charge is 2.06. The molecule has 1 amide bonds. The van der Waals surface area contributed by atoms with Gasteiger partial charge in [-0.15, -0.1) is 0 Å². The number of nitrogens with two attached hydrogens (primary N) is 2. The number of carbonyl (C=O) groups is 1. The third-order valence-corrected chi connectivity index (χ3v) is 1.41. The highest BCUT2D eigenvalue weighted by atomic mass is 16.1. The molecule has 6 heteroatoms. The number of carbonyl (C=O) groups excluding carboxylic acids is 1. The highest BCUT2D eigenvalue weighted by Crippen LogP contribution is 1.95. The van der Waals surface area contributed by atoms with Crippen LogP contribution in [0.15, 0.2) is 4.99 Å². The number of nitrogens with zero attached hydrogens (tertiary/aromatic N) is 1. The predicted molar refractivity (Wildman–Crippen MR) is 56.3 cm³/mol. The Hall–Kier alpha value is -1.30. The minimum absolute atomic E-state index is 0.176. The Morgan fingerprint density at radius 2 is 2.00 bits per heavy atom. The van der Waals surface area contributed by atoms with Crippen LogP contribution in [-0.4, -0.2) is 24.0 Å². The average Bonchev–Trinajstić information content (AvgIpc) is 2.00. The van der Waals surface area contributed by atoms with E-state index in [2.05, 4.69) is 15.7 Å². The highest BCUT2D eigenvalue weighted by molar-refractivity contribution is 5.80. The van der Waals surface area contributed by atoms with Gasteiger partial charge in [0.15, 0.2) is 0 Å². The molecule has 0 heterocycles. The van der Waals surface area contributed by atoms with Gasteiger partial charge >= 0.3 is 0 Å². The van der Waals surface area contributed by atoms with Crippen LogP contribution in [0.3, 0.4) is 0 Å². The molecule has 0 rings (SSSR count). The van der Waals surface area contributed by atoms with Gasteiger partial charge < -0.3 is 11.1 Å². The first-order chi connectivity index (χ1) is 6.45. The van der Waals surface area contributed by atoms with E-state index in [4.69, 9.17) is 11.6 Å². The van der Waals surface area contributed by atoms with Crippen LogP contribution in [0.5, 0.6) is 0 Å². The zero-order chi connectivity index (χ0) is 11.1. The van der Waals surface area contributed by atoms with Crippen LogP contribution in [0, 0.1) is 0 Å². The number of guanidine groups is 1. The number of nitrogens with one attached hydrogen (secondary N) is 2. The monoisotopic (exact) mass is 201 g/mol. The van der Waals surface area contributed by atoms with Crippen molar-refractivity contribution in [1.82, 2.24) is 10.7 Å². The molecular formula is C8H19N5O. The summed E-state index contributed by atoms with van der Waals surface area (Å²) in [5, 5.41) is 3.00. The van der Waals surface area contributed by atoms with E-state index < -0.39 is 0 Å². The summed E-state index contributed by atoms with van der Waals surface area (Å²) in [4.78, 5) is 14.7. The quantitative estimate of drug-likeness (QED) is 0.204. The molecule has 0 aliphatic heterocycles. The van der Waals surface area contributed by atoms with Crippen molar-refractivity contribution in [2.45, 2.75) is 39.3 Å². The maximum Gasteiger partial charge on any atom is 0.219 e. The van der Waals surface area contributed by atoms with E-state index in [-0.39, 0.29) is 24.4 Å². The van der Waals surface area contributed by atoms with Gasteiger partial charge in [-0.1, -0.05) is 0 Å². The number of hydrogen-bond donors (Lipinski definition) is 4. The zero-order valence-electron chi connectivity index (χ0n) is 8.87. The molecule has 0 bridgehead atoms. The van der Waals surface area contributed by atoms with E-state index >= 15 is 0 Å². The molecule has 0 aromatic rings. The molecule has 0 aromatic heterocycles. The van der Waals surface area contributed by atoms with Crippen LogP contribution in [0.4, 0.5) is 0 Å². The molecule has 6 N–H and O–H groups in total. The third-order valence-electron chi connectivity index (χ3n) is 1.41. The fourth-order valence-corrected chi connectivity index (χ4v) is 0.947. The third kappa shape index (κ3) is 6.24. The second-order valence-electron chi connectivity index (χ2n) is 3.44. The lowest BCUT2D eigenvalue weighted by Gasteiger charge is -2.13. The molecule has 1 unspecified atom stereocenters. The number of aliphatic imine (C=N–C) groups is 1. The molecule has 82 valence electrons. The van der Waals surface area contributed by atoms with E-state index in [1.54, 1.807) is 6.92 Å². The first-order valence-corrected chi connectivity index (χ1v) is 4.55. The van der Waals surface area contributed by atoms with Crippen molar-refractivity contribution < 1.29 is 4.79 Å². The predicted octanol–water partition coefficient (Wildman–Crippen LogP) is -0.932. The Balaban J connectivity index is 4.20. The van der Waals surface area contributed by atoms with Crippen molar-refractivity contribution in [2.75, 3.05) is 0 Å². The van der Waals surface area contributed by atoms with Gasteiger partial charge in [-0.05, 0) is 20.8 Å². The van der Waals surface area contributed by atoms with Gasteiger partial charge in [0.05, 0.1) is 6.04 Å². The van der Waals surface area contributed by atoms with Crippen molar-refractivity contribution in [3.63, 3.8) is 0 Å². The smallest absolute Gasteiger partial charge is 0.219 e. The van der Waals surface area contributed by atoms with Crippen LogP contribution >= 0.6 is 0 Å². The van der Waals surface area contributed by atoms with E-state index in [0.717, 1.165) is 0 Å². The zero-order valence-corrected chi connectivity index (χ0v) is 8.87. The first-order valence-electron chi connectivity index (χ1n) is 4.55. The van der Waals surface area contributed by atoms with Gasteiger partial charge in [-0.2, -0.15) is 0 Å². The SMILES string of the molecule is CC(CC(N)=O)N=C(NN)NC(C)C. The lowest BCUT2D eigenvalue weighted by molar-refractivity contribution is -0.118. The summed E-state index contributed by atoms with van der Waals surface area (Å²) < 4.78 is 0. The van der Waals surface area contributed by atoms with Crippen LogP contribution < -0.4 is 22.3 Å². The number of hydrogen-bond acceptors (Lipinski definition) is 3. The average molecular weight is 201 g/mol. The number of rotatable bonds is 4. The second kappa shape index (κ2) is 6.20. The number of hydrazine groups is 1. The van der Waals surface area contributed by atoms with Crippen molar-refractivity contribution in [3.8, 4) is 0 Å². The summed E-state index contributed by atoms with van der Waals surface area (Å²) in [5.74, 6) is 5.33. The summed E-state index contributed by atoms with van der Waals surface area (Å²) in [6, 6.07) is 0.0513. The molecule has 0 aliphatic rings. The summed E-state index contributed by atoms with van der Waals surface area (Å²) in [6.07, 6.45) is 0.213. The molecule has 1 atom stereocenters. The van der Waals surface area contributed by atoms with Crippen molar-refractivity contribution in [1.29, 1.82) is 0 Å². The van der Waals surface area contributed by atoms with Gasteiger partial charge in [-0.25, -0.2) is 10.8 Å². The number of primary amides is 1. The van der Waals surface area contributed by atoms with Gasteiger partial charge in [0.25, 0.3) is 0 Å². The van der Waals surface area contributed by atoms with Gasteiger partial charge in [0, 0.05) is 12.5 Å². The Morgan fingerprint density at radius 3 is 2.36 bits per heavy atom. The summed E-state index contributed by atoms with van der Waals surface area (Å²) in [6.45, 7) is 5.72. The minimum Gasteiger partial charge on any atom is -0.370 e. The van der Waals surface area contributed by atoms with E-state index in [9.17, 15) is 4.79 Å². The Kier molecular flexibility index (Phi) is 5.62. The fraction of sp³-hybridized carbons (Fsp3) is 0.750. The molecule has 0 aromatic carbocycles. The fourth-order valence-electron chi connectivity index (χ4n) is 0.947. The lowest BCUT2D eigenvalue weighted by Crippen LogP contribution is -2.45. The summed E-state index contributed by atoms with van der Waals surface area (Å²) in [5.41, 5.74) is 7.46. The summed E-state index contributed by atoms with van der Waals surface area (Å²) >= 11 is 0. The molecule has 14 heavy (non-hydrogen) atoms. The van der Waals surface area contributed by atoms with Crippen LogP contribution in [0.2, 0.25) is 0 Å². The van der Waals surface area contributed by atoms with Crippen LogP contribution in [0.25, 0.3) is 0 Å². The van der Waals surface area contributed by atoms with Crippen LogP contribution in [0.1, 0.15) is 27.2 Å². The minimum atomic E-state index is -0.373. The van der Waals surface area contributed by atoms with Crippen molar-refractivity contribution >= 4 is 11.9 Å². The van der Waals surface area contributed by atoms with Gasteiger partial charge in [0.1, 0.15) is 0 Å². The van der Waals surface area contributed by atoms with Gasteiger partial charge in [-0.3, -0.25) is 10.2 Å². The first kappa shape index (κ1) is 12.7. The normalized spacial score (nSPS) is 13.9. The Labute approximate surface area is 84.1 Å². The maximum absolute atomic E-state index is 10.6. The standard InChI is InChI=1S/C8H19N5O/c1-5(2)11-8(13-10)12-6(3)4-7(9)14/h5-6H,4,10H2,1-3H3,(H2,9,14)(H2,11,12,13). The lowest BCUT2D eigenvalue weighted by atomic mass is 10.2. The molecule has 6 nitrogen and oxygen atoms in total. The molecule has 0 fully saturated rings. The molecule has 0 saturated carbocycles. The topological polar surface area (TPSA) is 106 Å². The van der Waals surface area contributed by atoms with Crippen molar-refractivity contribution in [2.24, 2.45) is 16.6 Å².